The molecule has 1 aliphatic carbocycles. The van der Waals surface area contributed by atoms with Crippen LogP contribution in [0.1, 0.15) is 46.6 Å². The number of nitrogens with one attached hydrogen (secondary N) is 1. The summed E-state index contributed by atoms with van der Waals surface area (Å²) >= 11 is 2.99. The first-order chi connectivity index (χ1) is 16.5. The Morgan fingerprint density at radius 2 is 1.85 bits per heavy atom. The van der Waals surface area contributed by atoms with Gasteiger partial charge in [-0.15, -0.1) is 11.3 Å². The van der Waals surface area contributed by atoms with Gasteiger partial charge in [-0.3, -0.25) is 14.2 Å². The lowest BCUT2D eigenvalue weighted by Gasteiger charge is -2.19. The number of hydrogen-bond donors (Lipinski definition) is 1. The van der Waals surface area contributed by atoms with Crippen LogP contribution in [0.5, 0.6) is 0 Å². The van der Waals surface area contributed by atoms with Crippen LogP contribution in [-0.2, 0) is 24.2 Å². The summed E-state index contributed by atoms with van der Waals surface area (Å²) in [4.78, 5) is 34.0. The van der Waals surface area contributed by atoms with Crippen molar-refractivity contribution in [2.24, 2.45) is 0 Å². The predicted octanol–water partition coefficient (Wildman–Crippen LogP) is 6.14. The fourth-order valence-electron chi connectivity index (χ4n) is 4.44. The minimum atomic E-state index is -0.542. The molecule has 0 spiro atoms. The van der Waals surface area contributed by atoms with E-state index in [-0.39, 0.29) is 11.5 Å². The zero-order chi connectivity index (χ0) is 23.7. The number of aryl methyl sites for hydroxylation is 3. The summed E-state index contributed by atoms with van der Waals surface area (Å²) in [6.07, 6.45) is 4.26. The number of rotatable bonds is 6. The van der Waals surface area contributed by atoms with Crippen LogP contribution < -0.4 is 10.9 Å². The van der Waals surface area contributed by atoms with Crippen molar-refractivity contribution in [1.82, 2.24) is 9.55 Å². The van der Waals surface area contributed by atoms with E-state index in [1.807, 2.05) is 68.4 Å². The summed E-state index contributed by atoms with van der Waals surface area (Å²) in [7, 11) is 0. The number of hydrogen-bond acceptors (Lipinski definition) is 5. The number of fused-ring (bicyclic) bond motifs is 3. The number of carbonyl (C=O) groups excluding carboxylic acids is 1. The maximum Gasteiger partial charge on any atom is 0.263 e. The molecule has 34 heavy (non-hydrogen) atoms. The smallest absolute Gasteiger partial charge is 0.263 e. The number of carbonyl (C=O) groups is 1. The molecule has 2 aromatic carbocycles. The first-order valence-electron chi connectivity index (χ1n) is 11.7. The Balaban J connectivity index is 1.55. The Morgan fingerprint density at radius 1 is 1.12 bits per heavy atom. The van der Waals surface area contributed by atoms with Crippen LogP contribution in [0.3, 0.4) is 0 Å². The van der Waals surface area contributed by atoms with Crippen molar-refractivity contribution in [2.45, 2.75) is 56.5 Å². The Bertz CT molecular complexity index is 1390. The van der Waals surface area contributed by atoms with Gasteiger partial charge in [-0.2, -0.15) is 0 Å². The molecular formula is C27H27N3O2S2. The van der Waals surface area contributed by atoms with Crippen LogP contribution in [0.15, 0.2) is 64.5 Å². The Morgan fingerprint density at radius 3 is 2.59 bits per heavy atom. The Kier molecular flexibility index (Phi) is 6.57. The lowest BCUT2D eigenvalue weighted by molar-refractivity contribution is -0.115. The molecule has 1 atom stereocenters. The summed E-state index contributed by atoms with van der Waals surface area (Å²) in [5, 5.41) is 3.88. The molecule has 0 fully saturated rings. The molecule has 1 amide bonds. The van der Waals surface area contributed by atoms with Crippen molar-refractivity contribution in [3.8, 4) is 0 Å². The molecule has 2 aromatic heterocycles. The zero-order valence-corrected chi connectivity index (χ0v) is 21.0. The molecule has 1 aliphatic rings. The van der Waals surface area contributed by atoms with Gasteiger partial charge in [-0.05, 0) is 62.8 Å². The molecule has 0 aliphatic heterocycles. The van der Waals surface area contributed by atoms with E-state index in [0.717, 1.165) is 46.3 Å². The summed E-state index contributed by atoms with van der Waals surface area (Å²) in [6.45, 7) is 4.49. The maximum absolute atomic E-state index is 13.5. The minimum absolute atomic E-state index is 0.0140. The van der Waals surface area contributed by atoms with Crippen LogP contribution in [0.25, 0.3) is 10.2 Å². The van der Waals surface area contributed by atoms with Crippen LogP contribution >= 0.6 is 23.1 Å². The lowest BCUT2D eigenvalue weighted by Crippen LogP contribution is -2.25. The number of nitrogens with zero attached hydrogens (tertiary/aromatic N) is 2. The van der Waals surface area contributed by atoms with Crippen LogP contribution in [-0.4, -0.2) is 15.5 Å². The number of benzene rings is 2. The average molecular weight is 490 g/mol. The van der Waals surface area contributed by atoms with E-state index in [9.17, 15) is 9.59 Å². The lowest BCUT2D eigenvalue weighted by atomic mass is 9.97. The van der Waals surface area contributed by atoms with E-state index >= 15 is 0 Å². The van der Waals surface area contributed by atoms with Gasteiger partial charge in [-0.1, -0.05) is 59.8 Å². The van der Waals surface area contributed by atoms with Gasteiger partial charge in [-0.25, -0.2) is 4.98 Å². The van der Waals surface area contributed by atoms with Gasteiger partial charge in [0.1, 0.15) is 10.1 Å². The van der Waals surface area contributed by atoms with Crippen molar-refractivity contribution in [2.75, 3.05) is 5.32 Å². The van der Waals surface area contributed by atoms with Gasteiger partial charge < -0.3 is 5.32 Å². The Hall–Kier alpha value is -2.90. The van der Waals surface area contributed by atoms with Gasteiger partial charge in [0.2, 0.25) is 5.91 Å². The fourth-order valence-corrected chi connectivity index (χ4v) is 6.90. The predicted molar refractivity (Wildman–Crippen MR) is 141 cm³/mol. The third-order valence-electron chi connectivity index (χ3n) is 6.24. The third kappa shape index (κ3) is 4.42. The topological polar surface area (TPSA) is 64.0 Å². The molecule has 2 heterocycles. The molecule has 7 heteroatoms. The first-order valence-corrected chi connectivity index (χ1v) is 13.4. The van der Waals surface area contributed by atoms with E-state index in [2.05, 4.69) is 5.32 Å². The van der Waals surface area contributed by atoms with Crippen molar-refractivity contribution >= 4 is 44.9 Å². The molecule has 174 valence electrons. The second-order valence-electron chi connectivity index (χ2n) is 8.60. The van der Waals surface area contributed by atoms with Crippen molar-refractivity contribution in [1.29, 1.82) is 0 Å². The van der Waals surface area contributed by atoms with Crippen LogP contribution in [0.4, 0.5) is 5.69 Å². The van der Waals surface area contributed by atoms with Crippen molar-refractivity contribution in [3.05, 3.63) is 86.5 Å². The third-order valence-corrected chi connectivity index (χ3v) is 8.67. The molecule has 0 radical (unpaired) electrons. The molecule has 4 aromatic rings. The van der Waals surface area contributed by atoms with Crippen LogP contribution in [0.2, 0.25) is 0 Å². The number of anilines is 1. The second kappa shape index (κ2) is 9.76. The first kappa shape index (κ1) is 22.9. The molecule has 0 saturated carbocycles. The molecule has 0 unspecified atom stereocenters. The highest BCUT2D eigenvalue weighted by atomic mass is 32.2. The van der Waals surface area contributed by atoms with Gasteiger partial charge in [0.15, 0.2) is 5.16 Å². The van der Waals surface area contributed by atoms with Gasteiger partial charge >= 0.3 is 0 Å². The van der Waals surface area contributed by atoms with Crippen LogP contribution in [0, 0.1) is 6.92 Å². The maximum atomic E-state index is 13.5. The van der Waals surface area contributed by atoms with Gasteiger partial charge in [0, 0.05) is 17.1 Å². The largest absolute Gasteiger partial charge is 0.325 e. The number of aromatic nitrogens is 2. The molecule has 5 nitrogen and oxygen atoms in total. The van der Waals surface area contributed by atoms with E-state index in [1.165, 1.54) is 28.6 Å². The molecule has 0 saturated heterocycles. The van der Waals surface area contributed by atoms with Gasteiger partial charge in [0.05, 0.1) is 5.39 Å². The number of thioether (sulfide) groups is 1. The van der Waals surface area contributed by atoms with Crippen molar-refractivity contribution < 1.29 is 4.79 Å². The standard InChI is InChI=1S/C27H27N3O2S2/c1-3-30-26(32)22-20-11-7-8-12-21(20)33-25(22)29-27(30)34-23(18-9-5-4-6-10-18)24(31)28-19-15-13-17(2)14-16-19/h4-6,9-10,13-16,23H,3,7-8,11-12H2,1-2H3,(H,28,31)/t23-/m1/s1. The van der Waals surface area contributed by atoms with E-state index < -0.39 is 5.25 Å². The highest BCUT2D eigenvalue weighted by Gasteiger charge is 2.27. The SMILES string of the molecule is CCn1c(S[C@@H](C(=O)Nc2ccc(C)cc2)c2ccccc2)nc2sc3c(c2c1=O)CCCC3. The normalized spacial score (nSPS) is 14.1. The van der Waals surface area contributed by atoms with E-state index in [4.69, 9.17) is 4.98 Å². The molecular weight excluding hydrogens is 462 g/mol. The fraction of sp³-hybridized carbons (Fsp3) is 0.296. The number of amides is 1. The van der Waals surface area contributed by atoms with E-state index in [0.29, 0.717) is 11.7 Å². The summed E-state index contributed by atoms with van der Waals surface area (Å²) in [5.41, 5.74) is 3.97. The summed E-state index contributed by atoms with van der Waals surface area (Å²) in [6, 6.07) is 17.5. The second-order valence-corrected chi connectivity index (χ2v) is 10.8. The quantitative estimate of drug-likeness (QED) is 0.261. The molecule has 0 bridgehead atoms. The van der Waals surface area contributed by atoms with Gasteiger partial charge in [0.25, 0.3) is 5.56 Å². The molecule has 5 rings (SSSR count). The number of thiophene rings is 1. The monoisotopic (exact) mass is 489 g/mol. The van der Waals surface area contributed by atoms with E-state index in [1.54, 1.807) is 15.9 Å². The highest BCUT2D eigenvalue weighted by molar-refractivity contribution is 8.00. The minimum Gasteiger partial charge on any atom is -0.325 e. The summed E-state index contributed by atoms with van der Waals surface area (Å²) in [5.74, 6) is -0.137. The highest BCUT2D eigenvalue weighted by Crippen LogP contribution is 2.38. The zero-order valence-electron chi connectivity index (χ0n) is 19.3. The Labute approximate surface area is 207 Å². The summed E-state index contributed by atoms with van der Waals surface area (Å²) < 4.78 is 1.73. The average Bonchev–Trinajstić information content (AvgIpc) is 3.23. The molecule has 1 N–H and O–H groups in total. The van der Waals surface area contributed by atoms with Crippen molar-refractivity contribution in [3.63, 3.8) is 0 Å².